The standard InChI is InChI=1S/C40H46N2O8/c1-41-16-14-25-26(20-32(45-4)39(48-7)36(25)43)29(41)17-22-9-11-24(12-10-22)50-37-28-19-30-34-23(13-15-42(30)2)18-31(44-3)38(47-6)35(34)27(28)21-33(46-5)40(37)49-8/h9-12,18,20-21,29-30,43H,13-17,19H2,1-8H3/t29-,30-/m0/s1. The Balaban J connectivity index is 1.27. The third kappa shape index (κ3) is 5.41. The Morgan fingerprint density at radius 2 is 1.32 bits per heavy atom. The highest BCUT2D eigenvalue weighted by atomic mass is 16.5. The molecule has 50 heavy (non-hydrogen) atoms. The lowest BCUT2D eigenvalue weighted by molar-refractivity contribution is 0.224. The van der Waals surface area contributed by atoms with Gasteiger partial charge in [0.05, 0.1) is 42.7 Å². The second-order valence-electron chi connectivity index (χ2n) is 13.2. The van der Waals surface area contributed by atoms with Gasteiger partial charge in [-0.15, -0.1) is 0 Å². The highest BCUT2D eigenvalue weighted by Gasteiger charge is 2.39. The van der Waals surface area contributed by atoms with Crippen molar-refractivity contribution in [1.82, 2.24) is 9.80 Å². The van der Waals surface area contributed by atoms with Crippen LogP contribution in [0, 0.1) is 0 Å². The Kier molecular flexibility index (Phi) is 9.09. The highest BCUT2D eigenvalue weighted by Crippen LogP contribution is 2.58. The Labute approximate surface area is 294 Å². The van der Waals surface area contributed by atoms with Crippen LogP contribution in [0.4, 0.5) is 0 Å². The van der Waals surface area contributed by atoms with Crippen LogP contribution in [0.25, 0.3) is 11.1 Å². The molecule has 0 saturated heterocycles. The van der Waals surface area contributed by atoms with E-state index in [9.17, 15) is 5.11 Å². The maximum atomic E-state index is 11.1. The van der Waals surface area contributed by atoms with Crippen LogP contribution in [0.5, 0.6) is 51.7 Å². The molecule has 0 aromatic heterocycles. The number of hydrogen-bond acceptors (Lipinski definition) is 10. The maximum absolute atomic E-state index is 11.1. The molecule has 7 rings (SSSR count). The van der Waals surface area contributed by atoms with Crippen LogP contribution >= 0.6 is 0 Å². The van der Waals surface area contributed by atoms with Crippen molar-refractivity contribution in [2.24, 2.45) is 0 Å². The summed E-state index contributed by atoms with van der Waals surface area (Å²) in [5.41, 5.74) is 8.67. The largest absolute Gasteiger partial charge is 0.504 e. The van der Waals surface area contributed by atoms with Gasteiger partial charge in [0.1, 0.15) is 5.75 Å². The Hall–Kier alpha value is -4.80. The number of hydrogen-bond donors (Lipinski definition) is 1. The summed E-state index contributed by atoms with van der Waals surface area (Å²) in [7, 11) is 14.1. The predicted molar refractivity (Wildman–Crippen MR) is 191 cm³/mol. The van der Waals surface area contributed by atoms with E-state index < -0.39 is 0 Å². The number of phenols is 1. The maximum Gasteiger partial charge on any atom is 0.204 e. The summed E-state index contributed by atoms with van der Waals surface area (Å²) < 4.78 is 41.6. The molecule has 4 aromatic rings. The minimum Gasteiger partial charge on any atom is -0.504 e. The molecule has 0 spiro atoms. The van der Waals surface area contributed by atoms with Crippen LogP contribution in [0.2, 0.25) is 0 Å². The summed E-state index contributed by atoms with van der Waals surface area (Å²) in [6, 6.07) is 14.5. The van der Waals surface area contributed by atoms with Crippen molar-refractivity contribution in [3.63, 3.8) is 0 Å². The number of aromatic hydroxyl groups is 1. The minimum absolute atomic E-state index is 0.0473. The van der Waals surface area contributed by atoms with E-state index in [0.29, 0.717) is 46.0 Å². The molecular formula is C40H46N2O8. The minimum atomic E-state index is 0.0473. The molecule has 1 N–H and O–H groups in total. The third-order valence-electron chi connectivity index (χ3n) is 10.8. The van der Waals surface area contributed by atoms with Gasteiger partial charge in [-0.05, 0) is 97.9 Å². The van der Waals surface area contributed by atoms with E-state index in [1.54, 1.807) is 42.7 Å². The molecule has 0 bridgehead atoms. The van der Waals surface area contributed by atoms with Gasteiger partial charge in [-0.25, -0.2) is 0 Å². The van der Waals surface area contributed by atoms with Gasteiger partial charge in [0.15, 0.2) is 34.5 Å². The van der Waals surface area contributed by atoms with Crippen LogP contribution < -0.4 is 33.2 Å². The van der Waals surface area contributed by atoms with Gasteiger partial charge in [-0.3, -0.25) is 9.80 Å². The van der Waals surface area contributed by atoms with Crippen LogP contribution in [0.1, 0.15) is 45.5 Å². The van der Waals surface area contributed by atoms with Crippen molar-refractivity contribution in [3.05, 3.63) is 75.8 Å². The molecule has 264 valence electrons. The summed E-state index contributed by atoms with van der Waals surface area (Å²) in [5.74, 6) is 4.91. The summed E-state index contributed by atoms with van der Waals surface area (Å²) >= 11 is 0. The molecule has 1 aliphatic carbocycles. The van der Waals surface area contributed by atoms with Gasteiger partial charge in [0, 0.05) is 41.9 Å². The average Bonchev–Trinajstić information content (AvgIpc) is 3.14. The zero-order valence-electron chi connectivity index (χ0n) is 30.1. The molecule has 3 aliphatic rings. The first-order valence-electron chi connectivity index (χ1n) is 17.0. The van der Waals surface area contributed by atoms with Crippen LogP contribution in [-0.4, -0.2) is 84.7 Å². The van der Waals surface area contributed by atoms with E-state index in [4.69, 9.17) is 33.2 Å². The molecule has 10 heteroatoms. The van der Waals surface area contributed by atoms with Gasteiger partial charge in [-0.2, -0.15) is 0 Å². The molecule has 4 aromatic carbocycles. The van der Waals surface area contributed by atoms with E-state index in [1.165, 1.54) is 11.1 Å². The molecule has 0 radical (unpaired) electrons. The third-order valence-corrected chi connectivity index (χ3v) is 10.8. The van der Waals surface area contributed by atoms with E-state index in [2.05, 4.69) is 42.1 Å². The van der Waals surface area contributed by atoms with E-state index in [1.807, 2.05) is 24.3 Å². The average molecular weight is 683 g/mol. The smallest absolute Gasteiger partial charge is 0.204 e. The zero-order chi connectivity index (χ0) is 35.3. The lowest BCUT2D eigenvalue weighted by atomic mass is 9.76. The van der Waals surface area contributed by atoms with Crippen LogP contribution in [0.15, 0.2) is 42.5 Å². The number of benzene rings is 4. The molecule has 0 unspecified atom stereocenters. The van der Waals surface area contributed by atoms with E-state index >= 15 is 0 Å². The highest BCUT2D eigenvalue weighted by molar-refractivity contribution is 5.87. The number of methoxy groups -OCH3 is 6. The number of rotatable bonds is 10. The monoisotopic (exact) mass is 682 g/mol. The van der Waals surface area contributed by atoms with Gasteiger partial charge >= 0.3 is 0 Å². The number of likely N-dealkylation sites (N-methyl/N-ethyl adjacent to an activating group) is 2. The Bertz CT molecular complexity index is 1920. The fourth-order valence-corrected chi connectivity index (χ4v) is 8.15. The predicted octanol–water partition coefficient (Wildman–Crippen LogP) is 6.76. The van der Waals surface area contributed by atoms with Crippen molar-refractivity contribution >= 4 is 0 Å². The van der Waals surface area contributed by atoms with E-state index in [-0.39, 0.29) is 17.8 Å². The van der Waals surface area contributed by atoms with Gasteiger partial charge < -0.3 is 38.3 Å². The molecule has 2 atom stereocenters. The van der Waals surface area contributed by atoms with Crippen LogP contribution in [0.3, 0.4) is 0 Å². The molecular weight excluding hydrogens is 636 g/mol. The molecule has 0 saturated carbocycles. The van der Waals surface area contributed by atoms with Crippen LogP contribution in [-0.2, 0) is 25.7 Å². The Morgan fingerprint density at radius 1 is 0.680 bits per heavy atom. The molecule has 0 amide bonds. The second-order valence-corrected chi connectivity index (χ2v) is 13.2. The summed E-state index contributed by atoms with van der Waals surface area (Å²) in [4.78, 5) is 4.72. The summed E-state index contributed by atoms with van der Waals surface area (Å²) in [6.07, 6.45) is 3.14. The number of fused-ring (bicyclic) bond motifs is 3. The number of nitrogens with zero attached hydrogens (tertiary/aromatic N) is 2. The van der Waals surface area contributed by atoms with Crippen molar-refractivity contribution in [3.8, 4) is 62.9 Å². The lowest BCUT2D eigenvalue weighted by Crippen LogP contribution is -2.36. The van der Waals surface area contributed by atoms with Crippen molar-refractivity contribution < 1.29 is 38.3 Å². The number of phenolic OH excluding ortho intramolecular Hbond substituents is 1. The molecule has 0 fully saturated rings. The van der Waals surface area contributed by atoms with Gasteiger partial charge in [0.2, 0.25) is 11.5 Å². The first-order valence-corrected chi connectivity index (χ1v) is 17.0. The second kappa shape index (κ2) is 13.5. The zero-order valence-corrected chi connectivity index (χ0v) is 30.1. The fourth-order valence-electron chi connectivity index (χ4n) is 8.15. The normalized spacial score (nSPS) is 18.0. The molecule has 10 nitrogen and oxygen atoms in total. The Morgan fingerprint density at radius 3 is 1.98 bits per heavy atom. The van der Waals surface area contributed by atoms with E-state index in [0.717, 1.165) is 72.2 Å². The topological polar surface area (TPSA) is 91.3 Å². The van der Waals surface area contributed by atoms with Crippen molar-refractivity contribution in [2.75, 3.05) is 69.8 Å². The molecule has 2 aliphatic heterocycles. The van der Waals surface area contributed by atoms with Gasteiger partial charge in [0.25, 0.3) is 0 Å². The summed E-state index contributed by atoms with van der Waals surface area (Å²) in [6.45, 7) is 1.76. The fraction of sp³-hybridized carbons (Fsp3) is 0.400. The quantitative estimate of drug-likeness (QED) is 0.194. The lowest BCUT2D eigenvalue weighted by Gasteiger charge is -2.41. The molecule has 2 heterocycles. The van der Waals surface area contributed by atoms with Crippen molar-refractivity contribution in [1.29, 1.82) is 0 Å². The first kappa shape index (κ1) is 33.7. The van der Waals surface area contributed by atoms with Crippen molar-refractivity contribution in [2.45, 2.75) is 37.8 Å². The van der Waals surface area contributed by atoms with Gasteiger partial charge in [-0.1, -0.05) is 12.1 Å². The number of ether oxygens (including phenoxy) is 7. The first-order chi connectivity index (χ1) is 24.3. The summed E-state index contributed by atoms with van der Waals surface area (Å²) in [5, 5.41) is 11.1. The SMILES string of the molecule is COc1cc2c(c(O)c1OC)CCN(C)[C@H]2Cc1ccc(Oc2c3c(cc(OC)c2OC)-c2c(OC)c(OC)cc4c2[C@H](C3)N(C)CC4)cc1.